The Morgan fingerprint density at radius 2 is 1.49 bits per heavy atom. The minimum atomic E-state index is -0.211. The summed E-state index contributed by atoms with van der Waals surface area (Å²) in [5.74, 6) is -0.137. The number of hydrogen-bond donors (Lipinski definition) is 2. The number of aromatic nitrogens is 2. The van der Waals surface area contributed by atoms with Crippen LogP contribution in [0.15, 0.2) is 97.2 Å². The van der Waals surface area contributed by atoms with Crippen LogP contribution in [0.4, 0.5) is 4.79 Å². The van der Waals surface area contributed by atoms with Crippen molar-refractivity contribution in [2.24, 2.45) is 0 Å². The van der Waals surface area contributed by atoms with E-state index in [9.17, 15) is 9.59 Å². The summed E-state index contributed by atoms with van der Waals surface area (Å²) in [7, 11) is 1.73. The Morgan fingerprint density at radius 1 is 0.857 bits per heavy atom. The van der Waals surface area contributed by atoms with E-state index < -0.39 is 0 Å². The van der Waals surface area contributed by atoms with Gasteiger partial charge in [-0.25, -0.2) is 9.48 Å². The Balaban J connectivity index is 1.32. The lowest BCUT2D eigenvalue weighted by Crippen LogP contribution is -2.38. The second kappa shape index (κ2) is 11.7. The number of urea groups is 1. The molecular weight excluding hydrogens is 438 g/mol. The Hall–Kier alpha value is -4.39. The van der Waals surface area contributed by atoms with Crippen molar-refractivity contribution in [1.82, 2.24) is 25.3 Å². The molecule has 35 heavy (non-hydrogen) atoms. The largest absolute Gasteiger partial charge is 0.352 e. The second-order valence-corrected chi connectivity index (χ2v) is 8.25. The van der Waals surface area contributed by atoms with E-state index in [-0.39, 0.29) is 24.9 Å². The van der Waals surface area contributed by atoms with Crippen molar-refractivity contribution in [1.29, 1.82) is 0 Å². The van der Waals surface area contributed by atoms with Gasteiger partial charge in [-0.05, 0) is 17.7 Å². The fraction of sp³-hybridized carbons (Fsp3) is 0.179. The molecule has 0 bridgehead atoms. The molecule has 0 radical (unpaired) electrons. The lowest BCUT2D eigenvalue weighted by atomic mass is 10.1. The molecule has 4 rings (SSSR count). The number of nitrogens with one attached hydrogen (secondary N) is 2. The highest BCUT2D eigenvalue weighted by atomic mass is 16.2. The summed E-state index contributed by atoms with van der Waals surface area (Å²) in [6.07, 6.45) is 2.14. The number of benzene rings is 3. The second-order valence-electron chi connectivity index (χ2n) is 8.25. The molecule has 0 fully saturated rings. The standard InChI is InChI=1S/C28H29N5O2/c1-32(20-22-11-5-2-6-12-22)28(35)29-18-17-26(34)30-19-24-21-33(25-15-9-4-10-16-25)31-27(24)23-13-7-3-8-14-23/h2-16,21H,17-20H2,1H3,(H,29,35)(H,30,34). The van der Waals surface area contributed by atoms with E-state index in [1.54, 1.807) is 11.9 Å². The molecule has 0 aliphatic carbocycles. The van der Waals surface area contributed by atoms with Crippen LogP contribution in [-0.4, -0.2) is 40.2 Å². The maximum Gasteiger partial charge on any atom is 0.317 e. The van der Waals surface area contributed by atoms with Crippen molar-refractivity contribution >= 4 is 11.9 Å². The van der Waals surface area contributed by atoms with Gasteiger partial charge in [0.05, 0.1) is 11.4 Å². The summed E-state index contributed by atoms with van der Waals surface area (Å²) in [6.45, 7) is 1.11. The topological polar surface area (TPSA) is 79.3 Å². The fourth-order valence-corrected chi connectivity index (χ4v) is 3.72. The van der Waals surface area contributed by atoms with E-state index in [0.717, 1.165) is 28.1 Å². The highest BCUT2D eigenvalue weighted by Crippen LogP contribution is 2.23. The lowest BCUT2D eigenvalue weighted by molar-refractivity contribution is -0.121. The molecule has 3 amide bonds. The molecule has 0 atom stereocenters. The van der Waals surface area contributed by atoms with Crippen LogP contribution < -0.4 is 10.6 Å². The average Bonchev–Trinajstić information content (AvgIpc) is 3.33. The van der Waals surface area contributed by atoms with E-state index in [1.165, 1.54) is 0 Å². The SMILES string of the molecule is CN(Cc1ccccc1)C(=O)NCCC(=O)NCc1cn(-c2ccccc2)nc1-c1ccccc1. The van der Waals surface area contributed by atoms with Gasteiger partial charge in [-0.15, -0.1) is 0 Å². The molecule has 178 valence electrons. The smallest absolute Gasteiger partial charge is 0.317 e. The Kier molecular flexibility index (Phi) is 7.91. The fourth-order valence-electron chi connectivity index (χ4n) is 3.72. The van der Waals surface area contributed by atoms with Gasteiger partial charge in [0.15, 0.2) is 0 Å². The zero-order valence-electron chi connectivity index (χ0n) is 19.7. The molecule has 0 spiro atoms. The van der Waals surface area contributed by atoms with Gasteiger partial charge in [0.2, 0.25) is 5.91 Å². The highest BCUT2D eigenvalue weighted by Gasteiger charge is 2.14. The van der Waals surface area contributed by atoms with Crippen LogP contribution in [0.5, 0.6) is 0 Å². The number of para-hydroxylation sites is 1. The third kappa shape index (κ3) is 6.57. The third-order valence-corrected chi connectivity index (χ3v) is 5.57. The van der Waals surface area contributed by atoms with E-state index >= 15 is 0 Å². The van der Waals surface area contributed by atoms with Gasteiger partial charge >= 0.3 is 6.03 Å². The van der Waals surface area contributed by atoms with Gasteiger partial charge in [-0.1, -0.05) is 78.9 Å². The highest BCUT2D eigenvalue weighted by molar-refractivity contribution is 5.78. The lowest BCUT2D eigenvalue weighted by Gasteiger charge is -2.18. The molecule has 2 N–H and O–H groups in total. The molecular formula is C28H29N5O2. The number of hydrogen-bond acceptors (Lipinski definition) is 3. The first-order chi connectivity index (χ1) is 17.1. The first-order valence-corrected chi connectivity index (χ1v) is 11.6. The normalized spacial score (nSPS) is 10.5. The molecule has 3 aromatic carbocycles. The predicted molar refractivity (Wildman–Crippen MR) is 137 cm³/mol. The van der Waals surface area contributed by atoms with Crippen LogP contribution in [0.3, 0.4) is 0 Å². The van der Waals surface area contributed by atoms with E-state index in [1.807, 2.05) is 102 Å². The van der Waals surface area contributed by atoms with Gasteiger partial charge in [-0.2, -0.15) is 5.10 Å². The van der Waals surface area contributed by atoms with Crippen molar-refractivity contribution < 1.29 is 9.59 Å². The molecule has 1 aromatic heterocycles. The maximum absolute atomic E-state index is 12.5. The van der Waals surface area contributed by atoms with E-state index in [0.29, 0.717) is 13.1 Å². The number of carbonyl (C=O) groups is 2. The van der Waals surface area contributed by atoms with Crippen molar-refractivity contribution in [3.05, 3.63) is 108 Å². The van der Waals surface area contributed by atoms with Gasteiger partial charge < -0.3 is 15.5 Å². The summed E-state index contributed by atoms with van der Waals surface area (Å²) >= 11 is 0. The maximum atomic E-state index is 12.5. The van der Waals surface area contributed by atoms with Gasteiger partial charge in [-0.3, -0.25) is 4.79 Å². The van der Waals surface area contributed by atoms with Crippen molar-refractivity contribution in [3.63, 3.8) is 0 Å². The summed E-state index contributed by atoms with van der Waals surface area (Å²) in [5.41, 5.74) is 4.73. The Bertz CT molecular complexity index is 1240. The molecule has 0 saturated heterocycles. The number of carbonyl (C=O) groups excluding carboxylic acids is 2. The molecule has 0 aliphatic heterocycles. The van der Waals surface area contributed by atoms with Gasteiger partial charge in [0, 0.05) is 50.4 Å². The molecule has 1 heterocycles. The summed E-state index contributed by atoms with van der Waals surface area (Å²) < 4.78 is 1.83. The number of rotatable bonds is 9. The predicted octanol–water partition coefficient (Wildman–Crippen LogP) is 4.39. The van der Waals surface area contributed by atoms with Crippen LogP contribution in [-0.2, 0) is 17.9 Å². The van der Waals surface area contributed by atoms with Crippen LogP contribution in [0.2, 0.25) is 0 Å². The van der Waals surface area contributed by atoms with E-state index in [4.69, 9.17) is 5.10 Å². The average molecular weight is 468 g/mol. The van der Waals surface area contributed by atoms with Crippen molar-refractivity contribution in [3.8, 4) is 16.9 Å². The van der Waals surface area contributed by atoms with Crippen LogP contribution >= 0.6 is 0 Å². The zero-order valence-corrected chi connectivity index (χ0v) is 19.7. The van der Waals surface area contributed by atoms with Crippen LogP contribution in [0.25, 0.3) is 16.9 Å². The first-order valence-electron chi connectivity index (χ1n) is 11.6. The summed E-state index contributed by atoms with van der Waals surface area (Å²) in [4.78, 5) is 26.4. The molecule has 0 aliphatic rings. The zero-order chi connectivity index (χ0) is 24.5. The Labute approximate surface area is 205 Å². The molecule has 0 saturated carbocycles. The molecule has 7 heteroatoms. The number of nitrogens with zero attached hydrogens (tertiary/aromatic N) is 3. The molecule has 4 aromatic rings. The summed E-state index contributed by atoms with van der Waals surface area (Å²) in [6, 6.07) is 29.3. The molecule has 0 unspecified atom stereocenters. The minimum Gasteiger partial charge on any atom is -0.352 e. The third-order valence-electron chi connectivity index (χ3n) is 5.57. The van der Waals surface area contributed by atoms with Gasteiger partial charge in [0.25, 0.3) is 0 Å². The molecule has 7 nitrogen and oxygen atoms in total. The minimum absolute atomic E-state index is 0.137. The van der Waals surface area contributed by atoms with Gasteiger partial charge in [0.1, 0.15) is 0 Å². The van der Waals surface area contributed by atoms with Crippen molar-refractivity contribution in [2.75, 3.05) is 13.6 Å². The van der Waals surface area contributed by atoms with Crippen LogP contribution in [0, 0.1) is 0 Å². The Morgan fingerprint density at radius 3 is 2.17 bits per heavy atom. The first kappa shape index (κ1) is 23.8. The van der Waals surface area contributed by atoms with Crippen LogP contribution in [0.1, 0.15) is 17.5 Å². The quantitative estimate of drug-likeness (QED) is 0.383. The van der Waals surface area contributed by atoms with E-state index in [2.05, 4.69) is 10.6 Å². The summed E-state index contributed by atoms with van der Waals surface area (Å²) in [5, 5.41) is 10.5. The monoisotopic (exact) mass is 467 g/mol. The number of amides is 3. The van der Waals surface area contributed by atoms with Crippen molar-refractivity contribution in [2.45, 2.75) is 19.5 Å².